The molecule has 0 aliphatic carbocycles. The Morgan fingerprint density at radius 2 is 1.96 bits per heavy atom. The van der Waals surface area contributed by atoms with Gasteiger partial charge in [-0.05, 0) is 24.8 Å². The average molecular weight is 340 g/mol. The molecule has 2 aromatic heterocycles. The van der Waals surface area contributed by atoms with Crippen molar-refractivity contribution in [3.8, 4) is 11.1 Å². The molecule has 0 saturated carbocycles. The summed E-state index contributed by atoms with van der Waals surface area (Å²) >= 11 is 1.61. The first kappa shape index (κ1) is 16.4. The van der Waals surface area contributed by atoms with E-state index < -0.39 is 5.97 Å². The number of nitrogens with zero attached hydrogens (tertiary/aromatic N) is 2. The van der Waals surface area contributed by atoms with Gasteiger partial charge >= 0.3 is 0 Å². The molecule has 0 fully saturated rings. The Balaban J connectivity index is 1.72. The smallest absolute Gasteiger partial charge is 0.138 e. The summed E-state index contributed by atoms with van der Waals surface area (Å²) in [7, 11) is 0. The molecule has 0 aliphatic rings. The van der Waals surface area contributed by atoms with Gasteiger partial charge in [-0.2, -0.15) is 0 Å². The van der Waals surface area contributed by atoms with Crippen molar-refractivity contribution in [3.63, 3.8) is 0 Å². The van der Waals surface area contributed by atoms with Crippen molar-refractivity contribution in [2.45, 2.75) is 25.7 Å². The number of thiophene rings is 1. The molecule has 0 atom stereocenters. The van der Waals surface area contributed by atoms with E-state index in [-0.39, 0.29) is 6.42 Å². The molecule has 0 saturated heterocycles. The summed E-state index contributed by atoms with van der Waals surface area (Å²) in [5, 5.41) is 16.9. The van der Waals surface area contributed by atoms with Gasteiger partial charge in [0.15, 0.2) is 0 Å². The van der Waals surface area contributed by atoms with Gasteiger partial charge in [-0.15, -0.1) is 11.3 Å². The summed E-state index contributed by atoms with van der Waals surface area (Å²) in [5.41, 5.74) is 2.28. The standard InChI is InChI=1S/C18H19N3O2S/c22-15(23)9-5-2-6-10-19-17-16-14(13-7-3-1-4-8-13)11-24-18(16)21-12-20-17/h1,3-4,7-8,11-12H,2,5-6,9-10H2,(H,22,23)(H,19,20,21)/p-1. The molecule has 6 heteroatoms. The van der Waals surface area contributed by atoms with Crippen LogP contribution in [0, 0.1) is 0 Å². The first-order valence-electron chi connectivity index (χ1n) is 7.97. The van der Waals surface area contributed by atoms with Crippen LogP contribution >= 0.6 is 11.3 Å². The van der Waals surface area contributed by atoms with E-state index in [0.29, 0.717) is 6.42 Å². The van der Waals surface area contributed by atoms with Gasteiger partial charge in [-0.25, -0.2) is 9.97 Å². The molecule has 5 nitrogen and oxygen atoms in total. The van der Waals surface area contributed by atoms with Crippen LogP contribution in [0.15, 0.2) is 42.0 Å². The molecule has 1 aromatic carbocycles. The summed E-state index contributed by atoms with van der Waals surface area (Å²) in [6.07, 6.45) is 4.09. The summed E-state index contributed by atoms with van der Waals surface area (Å²) < 4.78 is 0. The van der Waals surface area contributed by atoms with Crippen molar-refractivity contribution in [2.24, 2.45) is 0 Å². The number of aromatic nitrogens is 2. The number of aliphatic carboxylic acids is 1. The molecule has 0 radical (unpaired) electrons. The van der Waals surface area contributed by atoms with Gasteiger partial charge in [0, 0.05) is 23.5 Å². The number of hydrogen-bond acceptors (Lipinski definition) is 6. The predicted molar refractivity (Wildman–Crippen MR) is 94.8 cm³/mol. The average Bonchev–Trinajstić information content (AvgIpc) is 3.03. The van der Waals surface area contributed by atoms with Crippen LogP contribution in [0.5, 0.6) is 0 Å². The molecule has 2 heterocycles. The number of carbonyl (C=O) groups excluding carboxylic acids is 1. The molecule has 24 heavy (non-hydrogen) atoms. The highest BCUT2D eigenvalue weighted by Gasteiger charge is 2.12. The van der Waals surface area contributed by atoms with Gasteiger partial charge in [0.1, 0.15) is 17.0 Å². The van der Waals surface area contributed by atoms with E-state index in [1.54, 1.807) is 17.7 Å². The minimum Gasteiger partial charge on any atom is -0.550 e. The van der Waals surface area contributed by atoms with Gasteiger partial charge in [0.25, 0.3) is 0 Å². The van der Waals surface area contributed by atoms with E-state index in [4.69, 9.17) is 0 Å². The van der Waals surface area contributed by atoms with Crippen LogP contribution < -0.4 is 10.4 Å². The Morgan fingerprint density at radius 1 is 1.12 bits per heavy atom. The normalized spacial score (nSPS) is 10.8. The van der Waals surface area contributed by atoms with E-state index in [1.807, 2.05) is 18.2 Å². The number of fused-ring (bicyclic) bond motifs is 1. The fourth-order valence-corrected chi connectivity index (χ4v) is 3.53. The Bertz CT molecular complexity index is 818. The molecule has 3 aromatic rings. The number of anilines is 1. The summed E-state index contributed by atoms with van der Waals surface area (Å²) in [5.74, 6) is -0.147. The SMILES string of the molecule is O=C([O-])CCCCCNc1ncnc2scc(-c3ccccc3)c12. The van der Waals surface area contributed by atoms with E-state index >= 15 is 0 Å². The second-order valence-corrected chi connectivity index (χ2v) is 6.39. The third-order valence-electron chi connectivity index (χ3n) is 3.81. The Morgan fingerprint density at radius 3 is 2.75 bits per heavy atom. The van der Waals surface area contributed by atoms with E-state index in [1.165, 1.54) is 0 Å². The molecule has 3 rings (SSSR count). The third-order valence-corrected chi connectivity index (χ3v) is 4.69. The van der Waals surface area contributed by atoms with Gasteiger partial charge in [0.05, 0.1) is 5.39 Å². The fourth-order valence-electron chi connectivity index (χ4n) is 2.62. The zero-order chi connectivity index (χ0) is 16.8. The lowest BCUT2D eigenvalue weighted by molar-refractivity contribution is -0.305. The number of hydrogen-bond donors (Lipinski definition) is 1. The maximum Gasteiger partial charge on any atom is 0.138 e. The molecule has 0 spiro atoms. The lowest BCUT2D eigenvalue weighted by atomic mass is 10.1. The van der Waals surface area contributed by atoms with E-state index in [0.717, 1.165) is 46.5 Å². The minimum absolute atomic E-state index is 0.125. The molecule has 0 unspecified atom stereocenters. The van der Waals surface area contributed by atoms with Crippen LogP contribution in [0.25, 0.3) is 21.3 Å². The fraction of sp³-hybridized carbons (Fsp3) is 0.278. The quantitative estimate of drug-likeness (QED) is 0.638. The van der Waals surface area contributed by atoms with Crippen molar-refractivity contribution < 1.29 is 9.90 Å². The van der Waals surface area contributed by atoms with Gasteiger partial charge in [-0.1, -0.05) is 36.8 Å². The van der Waals surface area contributed by atoms with Gasteiger partial charge in [0.2, 0.25) is 0 Å². The zero-order valence-corrected chi connectivity index (χ0v) is 14.0. The van der Waals surface area contributed by atoms with Gasteiger partial charge < -0.3 is 15.2 Å². The highest BCUT2D eigenvalue weighted by atomic mass is 32.1. The molecule has 0 amide bonds. The maximum absolute atomic E-state index is 10.4. The van der Waals surface area contributed by atoms with Crippen LogP contribution in [-0.4, -0.2) is 22.5 Å². The second-order valence-electron chi connectivity index (χ2n) is 5.53. The number of benzene rings is 1. The molecule has 0 aliphatic heterocycles. The highest BCUT2D eigenvalue weighted by molar-refractivity contribution is 7.17. The summed E-state index contributed by atoms with van der Waals surface area (Å²) in [6, 6.07) is 10.2. The Kier molecular flexibility index (Phi) is 5.38. The first-order valence-corrected chi connectivity index (χ1v) is 8.85. The number of rotatable bonds is 8. The highest BCUT2D eigenvalue weighted by Crippen LogP contribution is 2.36. The van der Waals surface area contributed by atoms with E-state index in [9.17, 15) is 9.90 Å². The molecule has 124 valence electrons. The Labute approximate surface area is 144 Å². The molecular weight excluding hydrogens is 322 g/mol. The predicted octanol–water partition coefficient (Wildman–Crippen LogP) is 3.08. The molecule has 1 N–H and O–H groups in total. The molecule has 0 bridgehead atoms. The number of unbranched alkanes of at least 4 members (excludes halogenated alkanes) is 2. The van der Waals surface area contributed by atoms with Crippen molar-refractivity contribution in [3.05, 3.63) is 42.0 Å². The van der Waals surface area contributed by atoms with Crippen LogP contribution in [0.2, 0.25) is 0 Å². The van der Waals surface area contributed by atoms with E-state index in [2.05, 4.69) is 32.8 Å². The topological polar surface area (TPSA) is 77.9 Å². The lowest BCUT2D eigenvalue weighted by Gasteiger charge is -2.08. The van der Waals surface area contributed by atoms with Crippen LogP contribution in [0.4, 0.5) is 5.82 Å². The lowest BCUT2D eigenvalue weighted by Crippen LogP contribution is -2.21. The molecular formula is C18H18N3O2S-. The van der Waals surface area contributed by atoms with Crippen LogP contribution in [-0.2, 0) is 4.79 Å². The van der Waals surface area contributed by atoms with Crippen molar-refractivity contribution in [1.29, 1.82) is 0 Å². The van der Waals surface area contributed by atoms with Gasteiger partial charge in [-0.3, -0.25) is 0 Å². The van der Waals surface area contributed by atoms with Crippen molar-refractivity contribution in [1.82, 2.24) is 9.97 Å². The number of nitrogens with one attached hydrogen (secondary N) is 1. The summed E-state index contributed by atoms with van der Waals surface area (Å²) in [4.78, 5) is 20.1. The monoisotopic (exact) mass is 340 g/mol. The van der Waals surface area contributed by atoms with Crippen LogP contribution in [0.3, 0.4) is 0 Å². The summed E-state index contributed by atoms with van der Waals surface area (Å²) in [6.45, 7) is 0.753. The number of carbonyl (C=O) groups is 1. The first-order chi connectivity index (χ1) is 11.8. The van der Waals surface area contributed by atoms with Crippen LogP contribution in [0.1, 0.15) is 25.7 Å². The number of carboxylic acid groups (broad SMARTS) is 1. The minimum atomic E-state index is -0.980. The largest absolute Gasteiger partial charge is 0.550 e. The Hall–Kier alpha value is -2.47. The maximum atomic E-state index is 10.4. The zero-order valence-electron chi connectivity index (χ0n) is 13.2. The third kappa shape index (κ3) is 3.89. The van der Waals surface area contributed by atoms with Crippen molar-refractivity contribution in [2.75, 3.05) is 11.9 Å². The second kappa shape index (κ2) is 7.88. The number of carboxylic acids is 1. The van der Waals surface area contributed by atoms with Crippen molar-refractivity contribution >= 4 is 33.3 Å².